The van der Waals surface area contributed by atoms with Crippen LogP contribution in [0.15, 0.2) is 23.7 Å². The molecule has 122 valence electrons. The highest BCUT2D eigenvalue weighted by molar-refractivity contribution is 7.80. The van der Waals surface area contributed by atoms with E-state index in [1.54, 1.807) is 25.8 Å². The van der Waals surface area contributed by atoms with Crippen molar-refractivity contribution in [1.82, 2.24) is 24.5 Å². The van der Waals surface area contributed by atoms with Crippen LogP contribution in [-0.4, -0.2) is 48.9 Å². The standard InChI is InChI=1S/C14H20N8S/c1-9(2)18-14-19-10(6-17-22(4)13(15)23)5-11(20-14)12-7-16-8-21(12)3/h5-9H,1-4H3,(H2,15,23)(H,18,19,20)/b17-6+. The van der Waals surface area contributed by atoms with Gasteiger partial charge in [0.25, 0.3) is 0 Å². The van der Waals surface area contributed by atoms with Crippen LogP contribution in [0.1, 0.15) is 19.5 Å². The first-order valence-corrected chi connectivity index (χ1v) is 7.47. The molecule has 23 heavy (non-hydrogen) atoms. The van der Waals surface area contributed by atoms with Crippen LogP contribution in [-0.2, 0) is 7.05 Å². The molecule has 0 bridgehead atoms. The first kappa shape index (κ1) is 16.8. The quantitative estimate of drug-likeness (QED) is 0.482. The number of hydrazone groups is 1. The summed E-state index contributed by atoms with van der Waals surface area (Å²) >= 11 is 4.86. The molecule has 0 spiro atoms. The van der Waals surface area contributed by atoms with Crippen LogP contribution >= 0.6 is 12.2 Å². The molecule has 0 saturated heterocycles. The molecule has 0 saturated carbocycles. The highest BCUT2D eigenvalue weighted by atomic mass is 32.1. The van der Waals surface area contributed by atoms with Gasteiger partial charge in [0, 0.05) is 20.1 Å². The van der Waals surface area contributed by atoms with Gasteiger partial charge in [0.15, 0.2) is 5.11 Å². The van der Waals surface area contributed by atoms with Crippen LogP contribution < -0.4 is 11.1 Å². The second-order valence-electron chi connectivity index (χ2n) is 5.30. The van der Waals surface area contributed by atoms with E-state index in [0.29, 0.717) is 11.6 Å². The predicted molar refractivity (Wildman–Crippen MR) is 95.1 cm³/mol. The van der Waals surface area contributed by atoms with Crippen LogP contribution in [0, 0.1) is 0 Å². The highest BCUT2D eigenvalue weighted by Crippen LogP contribution is 2.18. The molecule has 0 unspecified atom stereocenters. The van der Waals surface area contributed by atoms with Crippen molar-refractivity contribution in [2.24, 2.45) is 17.9 Å². The lowest BCUT2D eigenvalue weighted by Crippen LogP contribution is -2.27. The van der Waals surface area contributed by atoms with Crippen molar-refractivity contribution in [1.29, 1.82) is 0 Å². The highest BCUT2D eigenvalue weighted by Gasteiger charge is 2.10. The fraction of sp³-hybridized carbons (Fsp3) is 0.357. The summed E-state index contributed by atoms with van der Waals surface area (Å²) in [6.45, 7) is 4.04. The van der Waals surface area contributed by atoms with Crippen molar-refractivity contribution in [3.8, 4) is 11.4 Å². The van der Waals surface area contributed by atoms with Gasteiger partial charge in [-0.05, 0) is 32.1 Å². The number of hydrogen-bond acceptors (Lipinski definition) is 6. The van der Waals surface area contributed by atoms with Crippen LogP contribution in [0.5, 0.6) is 0 Å². The van der Waals surface area contributed by atoms with E-state index in [9.17, 15) is 0 Å². The van der Waals surface area contributed by atoms with Gasteiger partial charge in [-0.15, -0.1) is 0 Å². The molecular formula is C14H20N8S. The monoisotopic (exact) mass is 332 g/mol. The summed E-state index contributed by atoms with van der Waals surface area (Å²) in [5, 5.41) is 8.94. The first-order valence-electron chi connectivity index (χ1n) is 7.06. The fourth-order valence-electron chi connectivity index (χ4n) is 1.79. The lowest BCUT2D eigenvalue weighted by Gasteiger charge is -2.12. The van der Waals surface area contributed by atoms with E-state index in [-0.39, 0.29) is 11.2 Å². The van der Waals surface area contributed by atoms with Crippen molar-refractivity contribution >= 4 is 29.5 Å². The van der Waals surface area contributed by atoms with Gasteiger partial charge in [-0.3, -0.25) is 0 Å². The van der Waals surface area contributed by atoms with Gasteiger partial charge in [-0.1, -0.05) is 0 Å². The molecule has 2 aromatic heterocycles. The lowest BCUT2D eigenvalue weighted by atomic mass is 10.2. The summed E-state index contributed by atoms with van der Waals surface area (Å²) in [6.07, 6.45) is 5.07. The minimum absolute atomic E-state index is 0.183. The molecular weight excluding hydrogens is 312 g/mol. The Hall–Kier alpha value is -2.55. The average molecular weight is 332 g/mol. The Balaban J connectivity index is 2.41. The molecule has 0 fully saturated rings. The smallest absolute Gasteiger partial charge is 0.224 e. The van der Waals surface area contributed by atoms with Gasteiger partial charge in [0.2, 0.25) is 5.95 Å². The van der Waals surface area contributed by atoms with Gasteiger partial charge >= 0.3 is 0 Å². The van der Waals surface area contributed by atoms with Gasteiger partial charge < -0.3 is 15.6 Å². The molecule has 0 aromatic carbocycles. The normalized spacial score (nSPS) is 11.2. The van der Waals surface area contributed by atoms with Crippen molar-refractivity contribution < 1.29 is 0 Å². The summed E-state index contributed by atoms with van der Waals surface area (Å²) in [7, 11) is 3.59. The maximum atomic E-state index is 5.51. The average Bonchev–Trinajstić information content (AvgIpc) is 2.89. The van der Waals surface area contributed by atoms with E-state index in [1.807, 2.05) is 31.5 Å². The van der Waals surface area contributed by atoms with Crippen LogP contribution in [0.25, 0.3) is 11.4 Å². The number of hydrogen-bond donors (Lipinski definition) is 2. The molecule has 8 nitrogen and oxygen atoms in total. The molecule has 2 aromatic rings. The summed E-state index contributed by atoms with van der Waals surface area (Å²) in [5.41, 5.74) is 7.79. The Morgan fingerprint density at radius 1 is 1.48 bits per heavy atom. The fourth-order valence-corrected chi connectivity index (χ4v) is 1.84. The minimum atomic E-state index is 0.183. The molecule has 0 radical (unpaired) electrons. The molecule has 0 amide bonds. The predicted octanol–water partition coefficient (Wildman–Crippen LogP) is 1.21. The summed E-state index contributed by atoms with van der Waals surface area (Å²) in [6, 6.07) is 2.04. The Kier molecular flexibility index (Phi) is 5.22. The Bertz CT molecular complexity index is 721. The zero-order valence-electron chi connectivity index (χ0n) is 13.6. The maximum absolute atomic E-state index is 5.51. The van der Waals surface area contributed by atoms with Gasteiger partial charge in [0.1, 0.15) is 0 Å². The van der Waals surface area contributed by atoms with Crippen LogP contribution in [0.3, 0.4) is 0 Å². The molecule has 2 rings (SSSR count). The van der Waals surface area contributed by atoms with E-state index in [4.69, 9.17) is 18.0 Å². The number of anilines is 1. The Morgan fingerprint density at radius 2 is 2.22 bits per heavy atom. The van der Waals surface area contributed by atoms with Crippen molar-refractivity contribution in [3.63, 3.8) is 0 Å². The number of rotatable bonds is 5. The van der Waals surface area contributed by atoms with E-state index in [2.05, 4.69) is 25.4 Å². The Labute approximate surface area is 140 Å². The SMILES string of the molecule is CC(C)Nc1nc(/C=N/N(C)C(N)=S)cc(-c2cncn2C)n1. The third-order valence-electron chi connectivity index (χ3n) is 2.93. The van der Waals surface area contributed by atoms with Crippen molar-refractivity contribution in [3.05, 3.63) is 24.3 Å². The molecule has 2 heterocycles. The van der Waals surface area contributed by atoms with E-state index < -0.39 is 0 Å². The van der Waals surface area contributed by atoms with Crippen molar-refractivity contribution in [2.75, 3.05) is 12.4 Å². The molecule has 0 atom stereocenters. The minimum Gasteiger partial charge on any atom is -0.375 e. The van der Waals surface area contributed by atoms with E-state index in [0.717, 1.165) is 11.4 Å². The third kappa shape index (κ3) is 4.46. The number of nitrogens with two attached hydrogens (primary N) is 1. The number of aryl methyl sites for hydroxylation is 1. The first-order chi connectivity index (χ1) is 10.9. The summed E-state index contributed by atoms with van der Waals surface area (Å²) < 4.78 is 1.89. The van der Waals surface area contributed by atoms with Gasteiger partial charge in [0.05, 0.1) is 35.8 Å². The number of imidazole rings is 1. The van der Waals surface area contributed by atoms with Gasteiger partial charge in [-0.25, -0.2) is 20.0 Å². The second kappa shape index (κ2) is 7.14. The largest absolute Gasteiger partial charge is 0.375 e. The zero-order chi connectivity index (χ0) is 17.0. The number of aromatic nitrogens is 4. The van der Waals surface area contributed by atoms with Crippen molar-refractivity contribution in [2.45, 2.75) is 19.9 Å². The third-order valence-corrected chi connectivity index (χ3v) is 3.19. The lowest BCUT2D eigenvalue weighted by molar-refractivity contribution is 0.552. The maximum Gasteiger partial charge on any atom is 0.224 e. The number of thiocarbonyl (C=S) groups is 1. The van der Waals surface area contributed by atoms with Gasteiger partial charge in [-0.2, -0.15) is 5.10 Å². The molecule has 0 aliphatic heterocycles. The van der Waals surface area contributed by atoms with Crippen LogP contribution in [0.2, 0.25) is 0 Å². The second-order valence-corrected chi connectivity index (χ2v) is 5.72. The topological polar surface area (TPSA) is 97.3 Å². The number of nitrogens with zero attached hydrogens (tertiary/aromatic N) is 6. The molecule has 0 aliphatic carbocycles. The molecule has 3 N–H and O–H groups in total. The molecule has 0 aliphatic rings. The zero-order valence-corrected chi connectivity index (χ0v) is 14.4. The van der Waals surface area contributed by atoms with Crippen LogP contribution in [0.4, 0.5) is 5.95 Å². The van der Waals surface area contributed by atoms with E-state index >= 15 is 0 Å². The van der Waals surface area contributed by atoms with E-state index in [1.165, 1.54) is 5.01 Å². The summed E-state index contributed by atoms with van der Waals surface area (Å²) in [5.74, 6) is 0.526. The summed E-state index contributed by atoms with van der Waals surface area (Å²) in [4.78, 5) is 13.1. The molecule has 9 heteroatoms. The Morgan fingerprint density at radius 3 is 2.78 bits per heavy atom. The number of nitrogens with one attached hydrogen (secondary N) is 1.